The Labute approximate surface area is 62.9 Å². The highest BCUT2D eigenvalue weighted by molar-refractivity contribution is 4.54. The predicted molar refractivity (Wildman–Crippen MR) is 41.9 cm³/mol. The zero-order valence-corrected chi connectivity index (χ0v) is 6.71. The average molecular weight is 146 g/mol. The van der Waals surface area contributed by atoms with Crippen molar-refractivity contribution in [3.05, 3.63) is 0 Å². The standard InChI is InChI=1S/C8H18O2/c1-2-3-5-8(10)6-4-7-9/h8-10H,2-7H2,1H3. The lowest BCUT2D eigenvalue weighted by Gasteiger charge is -2.07. The Kier molecular flexibility index (Phi) is 6.98. The van der Waals surface area contributed by atoms with Crippen LogP contribution in [0.4, 0.5) is 0 Å². The lowest BCUT2D eigenvalue weighted by atomic mass is 10.1. The van der Waals surface area contributed by atoms with Crippen molar-refractivity contribution >= 4 is 0 Å². The molecule has 10 heavy (non-hydrogen) atoms. The van der Waals surface area contributed by atoms with Gasteiger partial charge in [-0.1, -0.05) is 19.8 Å². The van der Waals surface area contributed by atoms with Crippen molar-refractivity contribution in [2.45, 2.75) is 45.1 Å². The Bertz CT molecular complexity index is 56.3. The van der Waals surface area contributed by atoms with Crippen LogP contribution in [0.5, 0.6) is 0 Å². The van der Waals surface area contributed by atoms with Crippen LogP contribution in [0, 0.1) is 0 Å². The maximum absolute atomic E-state index is 9.20. The third-order valence-corrected chi connectivity index (χ3v) is 1.59. The van der Waals surface area contributed by atoms with Gasteiger partial charge in [0.2, 0.25) is 0 Å². The third-order valence-electron chi connectivity index (χ3n) is 1.59. The van der Waals surface area contributed by atoms with Crippen molar-refractivity contribution in [2.75, 3.05) is 6.61 Å². The molecule has 2 heteroatoms. The van der Waals surface area contributed by atoms with Gasteiger partial charge in [-0.05, 0) is 19.3 Å². The van der Waals surface area contributed by atoms with E-state index in [-0.39, 0.29) is 12.7 Å². The van der Waals surface area contributed by atoms with E-state index in [1.807, 2.05) is 0 Å². The Balaban J connectivity index is 3.00. The summed E-state index contributed by atoms with van der Waals surface area (Å²) >= 11 is 0. The van der Waals surface area contributed by atoms with Crippen LogP contribution in [0.15, 0.2) is 0 Å². The minimum atomic E-state index is -0.188. The van der Waals surface area contributed by atoms with Gasteiger partial charge in [0.15, 0.2) is 0 Å². The van der Waals surface area contributed by atoms with Crippen LogP contribution in [0.3, 0.4) is 0 Å². The molecule has 0 bridgehead atoms. The first-order valence-corrected chi connectivity index (χ1v) is 4.10. The van der Waals surface area contributed by atoms with Gasteiger partial charge in [-0.2, -0.15) is 0 Å². The normalized spacial score (nSPS) is 13.5. The maximum Gasteiger partial charge on any atom is 0.0541 e. The number of aliphatic hydroxyl groups excluding tert-OH is 2. The Morgan fingerprint density at radius 2 is 1.80 bits per heavy atom. The molecule has 0 heterocycles. The lowest BCUT2D eigenvalue weighted by Crippen LogP contribution is -2.06. The minimum absolute atomic E-state index is 0.188. The average Bonchev–Trinajstić information content (AvgIpc) is 1.97. The number of hydrogen-bond donors (Lipinski definition) is 2. The molecule has 0 spiro atoms. The first kappa shape index (κ1) is 9.92. The molecule has 0 aromatic rings. The number of aliphatic hydroxyl groups is 2. The molecule has 0 aliphatic heterocycles. The number of rotatable bonds is 6. The van der Waals surface area contributed by atoms with Crippen molar-refractivity contribution in [1.29, 1.82) is 0 Å². The Morgan fingerprint density at radius 1 is 1.20 bits per heavy atom. The highest BCUT2D eigenvalue weighted by Gasteiger charge is 2.00. The maximum atomic E-state index is 9.20. The quantitative estimate of drug-likeness (QED) is 0.593. The topological polar surface area (TPSA) is 40.5 Å². The van der Waals surface area contributed by atoms with Gasteiger partial charge in [0, 0.05) is 6.61 Å². The Hall–Kier alpha value is -0.0800. The molecule has 0 rings (SSSR count). The lowest BCUT2D eigenvalue weighted by molar-refractivity contribution is 0.138. The van der Waals surface area contributed by atoms with Crippen molar-refractivity contribution in [1.82, 2.24) is 0 Å². The van der Waals surface area contributed by atoms with Crippen LogP contribution < -0.4 is 0 Å². The van der Waals surface area contributed by atoms with E-state index in [9.17, 15) is 5.11 Å². The van der Waals surface area contributed by atoms with E-state index >= 15 is 0 Å². The summed E-state index contributed by atoms with van der Waals surface area (Å²) in [4.78, 5) is 0. The molecule has 2 N–H and O–H groups in total. The largest absolute Gasteiger partial charge is 0.396 e. The summed E-state index contributed by atoms with van der Waals surface area (Å²) in [5.41, 5.74) is 0. The predicted octanol–water partition coefficient (Wildman–Crippen LogP) is 1.31. The minimum Gasteiger partial charge on any atom is -0.396 e. The molecule has 2 nitrogen and oxygen atoms in total. The van der Waals surface area contributed by atoms with Crippen molar-refractivity contribution < 1.29 is 10.2 Å². The first-order chi connectivity index (χ1) is 4.81. The van der Waals surface area contributed by atoms with Crippen LogP contribution in [0.1, 0.15) is 39.0 Å². The summed E-state index contributed by atoms with van der Waals surface area (Å²) in [5, 5.41) is 17.6. The molecule has 1 unspecified atom stereocenters. The summed E-state index contributed by atoms with van der Waals surface area (Å²) in [6.07, 6.45) is 4.40. The third kappa shape index (κ3) is 6.05. The summed E-state index contributed by atoms with van der Waals surface area (Å²) in [5.74, 6) is 0. The smallest absolute Gasteiger partial charge is 0.0541 e. The van der Waals surface area contributed by atoms with E-state index in [1.165, 1.54) is 0 Å². The van der Waals surface area contributed by atoms with Gasteiger partial charge in [-0.3, -0.25) is 0 Å². The fraction of sp³-hybridized carbons (Fsp3) is 1.00. The van der Waals surface area contributed by atoms with Gasteiger partial charge in [0.25, 0.3) is 0 Å². The molecule has 0 aromatic carbocycles. The van der Waals surface area contributed by atoms with Crippen LogP contribution in [0.2, 0.25) is 0 Å². The van der Waals surface area contributed by atoms with Crippen LogP contribution in [-0.4, -0.2) is 22.9 Å². The van der Waals surface area contributed by atoms with Gasteiger partial charge < -0.3 is 10.2 Å². The van der Waals surface area contributed by atoms with E-state index in [1.54, 1.807) is 0 Å². The van der Waals surface area contributed by atoms with E-state index in [0.717, 1.165) is 32.1 Å². The van der Waals surface area contributed by atoms with Crippen LogP contribution in [0.25, 0.3) is 0 Å². The first-order valence-electron chi connectivity index (χ1n) is 4.10. The van der Waals surface area contributed by atoms with Crippen LogP contribution >= 0.6 is 0 Å². The van der Waals surface area contributed by atoms with Gasteiger partial charge in [0.1, 0.15) is 0 Å². The molecular weight excluding hydrogens is 128 g/mol. The molecule has 62 valence electrons. The fourth-order valence-corrected chi connectivity index (χ4v) is 0.911. The van der Waals surface area contributed by atoms with E-state index in [2.05, 4.69) is 6.92 Å². The fourth-order valence-electron chi connectivity index (χ4n) is 0.911. The van der Waals surface area contributed by atoms with Crippen molar-refractivity contribution in [3.63, 3.8) is 0 Å². The Morgan fingerprint density at radius 3 is 2.30 bits per heavy atom. The molecule has 0 fully saturated rings. The SMILES string of the molecule is CCCCC(O)CCCO. The van der Waals surface area contributed by atoms with Gasteiger partial charge >= 0.3 is 0 Å². The van der Waals surface area contributed by atoms with Crippen LogP contribution in [-0.2, 0) is 0 Å². The van der Waals surface area contributed by atoms with E-state index in [0.29, 0.717) is 0 Å². The zero-order chi connectivity index (χ0) is 7.82. The summed E-state index contributed by atoms with van der Waals surface area (Å²) in [6.45, 7) is 2.31. The molecule has 0 aliphatic carbocycles. The monoisotopic (exact) mass is 146 g/mol. The highest BCUT2D eigenvalue weighted by atomic mass is 16.3. The van der Waals surface area contributed by atoms with Gasteiger partial charge in [0.05, 0.1) is 6.10 Å². The molecule has 0 amide bonds. The molecule has 0 saturated carbocycles. The summed E-state index contributed by atoms with van der Waals surface area (Å²) < 4.78 is 0. The second kappa shape index (κ2) is 7.03. The summed E-state index contributed by atoms with van der Waals surface area (Å²) in [6, 6.07) is 0. The number of unbranched alkanes of at least 4 members (excludes halogenated alkanes) is 1. The zero-order valence-electron chi connectivity index (χ0n) is 6.71. The van der Waals surface area contributed by atoms with Crippen molar-refractivity contribution in [2.24, 2.45) is 0 Å². The molecule has 0 aromatic heterocycles. The molecule has 0 saturated heterocycles. The molecule has 0 aliphatic rings. The van der Waals surface area contributed by atoms with E-state index < -0.39 is 0 Å². The second-order valence-electron chi connectivity index (χ2n) is 2.66. The second-order valence-corrected chi connectivity index (χ2v) is 2.66. The highest BCUT2D eigenvalue weighted by Crippen LogP contribution is 2.05. The molecule has 0 radical (unpaired) electrons. The van der Waals surface area contributed by atoms with Gasteiger partial charge in [-0.25, -0.2) is 0 Å². The number of hydrogen-bond acceptors (Lipinski definition) is 2. The van der Waals surface area contributed by atoms with Gasteiger partial charge in [-0.15, -0.1) is 0 Å². The molecular formula is C8H18O2. The molecule has 1 atom stereocenters. The summed E-state index contributed by atoms with van der Waals surface area (Å²) in [7, 11) is 0. The van der Waals surface area contributed by atoms with E-state index in [4.69, 9.17) is 5.11 Å². The van der Waals surface area contributed by atoms with Crippen molar-refractivity contribution in [3.8, 4) is 0 Å².